The lowest BCUT2D eigenvalue weighted by Crippen LogP contribution is -2.45. The molecule has 0 spiro atoms. The highest BCUT2D eigenvalue weighted by Crippen LogP contribution is 2.38. The van der Waals surface area contributed by atoms with E-state index in [9.17, 15) is 9.59 Å². The highest BCUT2D eigenvalue weighted by molar-refractivity contribution is 6.00. The number of hydrogen-bond acceptors (Lipinski definition) is 3. The van der Waals surface area contributed by atoms with Gasteiger partial charge in [-0.2, -0.15) is 0 Å². The number of likely N-dealkylation sites (tertiary alicyclic amines) is 1. The Bertz CT molecular complexity index is 505. The molecule has 2 unspecified atom stereocenters. The molecule has 1 aliphatic heterocycles. The standard InChI is InChI=1S/C15H18N2O2/c16-8-10-2-1-3-11(6-10)9-17-14(18)12-4-5-13(7-12)15(17)19/h1-3,6,12-13H,4-5,7-9,16H2. The third kappa shape index (κ3) is 2.16. The van der Waals surface area contributed by atoms with Gasteiger partial charge >= 0.3 is 0 Å². The van der Waals surface area contributed by atoms with Crippen LogP contribution in [0.15, 0.2) is 24.3 Å². The summed E-state index contributed by atoms with van der Waals surface area (Å²) in [5, 5.41) is 0. The number of imide groups is 1. The zero-order valence-corrected chi connectivity index (χ0v) is 10.8. The number of carbonyl (C=O) groups is 2. The summed E-state index contributed by atoms with van der Waals surface area (Å²) >= 11 is 0. The van der Waals surface area contributed by atoms with Crippen LogP contribution in [0.5, 0.6) is 0 Å². The van der Waals surface area contributed by atoms with E-state index in [1.165, 1.54) is 4.90 Å². The molecule has 1 saturated heterocycles. The van der Waals surface area contributed by atoms with E-state index in [1.54, 1.807) is 0 Å². The van der Waals surface area contributed by atoms with E-state index in [-0.39, 0.29) is 23.7 Å². The number of amides is 2. The topological polar surface area (TPSA) is 63.4 Å². The fourth-order valence-corrected chi connectivity index (χ4v) is 3.17. The number of nitrogens with zero attached hydrogens (tertiary/aromatic N) is 1. The van der Waals surface area contributed by atoms with Crippen molar-refractivity contribution in [2.75, 3.05) is 0 Å². The van der Waals surface area contributed by atoms with Crippen LogP contribution in [0.2, 0.25) is 0 Å². The second kappa shape index (κ2) is 4.78. The van der Waals surface area contributed by atoms with E-state index in [0.29, 0.717) is 13.1 Å². The van der Waals surface area contributed by atoms with Crippen molar-refractivity contribution in [2.45, 2.75) is 32.4 Å². The normalized spacial score (nSPS) is 26.1. The van der Waals surface area contributed by atoms with E-state index in [4.69, 9.17) is 5.73 Å². The van der Waals surface area contributed by atoms with Gasteiger partial charge in [-0.3, -0.25) is 14.5 Å². The largest absolute Gasteiger partial charge is 0.326 e. The van der Waals surface area contributed by atoms with Crippen molar-refractivity contribution in [3.63, 3.8) is 0 Å². The minimum atomic E-state index is 0.0110. The van der Waals surface area contributed by atoms with Gasteiger partial charge in [0.1, 0.15) is 0 Å². The molecular formula is C15H18N2O2. The monoisotopic (exact) mass is 258 g/mol. The summed E-state index contributed by atoms with van der Waals surface area (Å²) in [7, 11) is 0. The Morgan fingerprint density at radius 1 is 1.11 bits per heavy atom. The molecule has 2 bridgehead atoms. The number of nitrogens with two attached hydrogens (primary N) is 1. The summed E-state index contributed by atoms with van der Waals surface area (Å²) < 4.78 is 0. The Morgan fingerprint density at radius 2 is 1.74 bits per heavy atom. The molecule has 0 aromatic heterocycles. The third-order valence-electron chi connectivity index (χ3n) is 4.23. The van der Waals surface area contributed by atoms with Crippen LogP contribution < -0.4 is 5.73 Å². The molecule has 1 aliphatic carbocycles. The van der Waals surface area contributed by atoms with Crippen molar-refractivity contribution in [3.8, 4) is 0 Å². The van der Waals surface area contributed by atoms with Gasteiger partial charge in [0.2, 0.25) is 11.8 Å². The molecule has 2 aliphatic rings. The van der Waals surface area contributed by atoms with Gasteiger partial charge in [-0.05, 0) is 30.4 Å². The molecule has 2 amide bonds. The van der Waals surface area contributed by atoms with Crippen LogP contribution in [0.4, 0.5) is 0 Å². The highest BCUT2D eigenvalue weighted by Gasteiger charge is 2.44. The van der Waals surface area contributed by atoms with Crippen molar-refractivity contribution < 1.29 is 9.59 Å². The predicted molar refractivity (Wildman–Crippen MR) is 70.7 cm³/mol. The van der Waals surface area contributed by atoms with Gasteiger partial charge < -0.3 is 5.73 Å². The summed E-state index contributed by atoms with van der Waals surface area (Å²) in [6.07, 6.45) is 2.50. The molecule has 1 saturated carbocycles. The minimum Gasteiger partial charge on any atom is -0.326 e. The van der Waals surface area contributed by atoms with E-state index in [0.717, 1.165) is 30.4 Å². The Balaban J connectivity index is 1.81. The van der Waals surface area contributed by atoms with Crippen molar-refractivity contribution in [3.05, 3.63) is 35.4 Å². The molecule has 3 rings (SSSR count). The smallest absolute Gasteiger partial charge is 0.232 e. The first-order valence-electron chi connectivity index (χ1n) is 6.82. The van der Waals surface area contributed by atoms with Crippen LogP contribution >= 0.6 is 0 Å². The summed E-state index contributed by atoms with van der Waals surface area (Å²) in [5.74, 6) is 0.162. The lowest BCUT2D eigenvalue weighted by Gasteiger charge is -2.29. The molecule has 0 radical (unpaired) electrons. The zero-order valence-electron chi connectivity index (χ0n) is 10.8. The van der Waals surface area contributed by atoms with Crippen molar-refractivity contribution in [2.24, 2.45) is 17.6 Å². The summed E-state index contributed by atoms with van der Waals surface area (Å²) in [5.41, 5.74) is 7.62. The van der Waals surface area contributed by atoms with E-state index in [1.807, 2.05) is 24.3 Å². The average Bonchev–Trinajstić information content (AvgIpc) is 2.89. The second-order valence-corrected chi connectivity index (χ2v) is 5.49. The number of rotatable bonds is 3. The number of hydrogen-bond donors (Lipinski definition) is 1. The van der Waals surface area contributed by atoms with Crippen molar-refractivity contribution in [1.82, 2.24) is 4.90 Å². The maximum Gasteiger partial charge on any atom is 0.232 e. The molecule has 1 heterocycles. The third-order valence-corrected chi connectivity index (χ3v) is 4.23. The van der Waals surface area contributed by atoms with E-state index < -0.39 is 0 Å². The molecule has 4 heteroatoms. The first-order valence-corrected chi connectivity index (χ1v) is 6.82. The number of benzene rings is 1. The number of piperidine rings is 1. The molecule has 1 aromatic rings. The fraction of sp³-hybridized carbons (Fsp3) is 0.467. The van der Waals surface area contributed by atoms with E-state index >= 15 is 0 Å². The molecule has 2 atom stereocenters. The van der Waals surface area contributed by atoms with Gasteiger partial charge in [0, 0.05) is 18.4 Å². The van der Waals surface area contributed by atoms with Gasteiger partial charge in [-0.25, -0.2) is 0 Å². The quantitative estimate of drug-likeness (QED) is 0.834. The summed E-state index contributed by atoms with van der Waals surface area (Å²) in [6.45, 7) is 0.861. The van der Waals surface area contributed by atoms with E-state index in [2.05, 4.69) is 0 Å². The average molecular weight is 258 g/mol. The molecular weight excluding hydrogens is 240 g/mol. The van der Waals surface area contributed by atoms with Gasteiger partial charge in [-0.15, -0.1) is 0 Å². The maximum atomic E-state index is 12.2. The van der Waals surface area contributed by atoms with Crippen LogP contribution in [-0.4, -0.2) is 16.7 Å². The highest BCUT2D eigenvalue weighted by atomic mass is 16.2. The lowest BCUT2D eigenvalue weighted by molar-refractivity contribution is -0.153. The van der Waals surface area contributed by atoms with Crippen LogP contribution in [0, 0.1) is 11.8 Å². The number of carbonyl (C=O) groups excluding carboxylic acids is 2. The van der Waals surface area contributed by atoms with Crippen molar-refractivity contribution >= 4 is 11.8 Å². The molecule has 2 fully saturated rings. The predicted octanol–water partition coefficient (Wildman–Crippen LogP) is 1.43. The SMILES string of the molecule is NCc1cccc(CN2C(=O)C3CCC(C3)C2=O)c1. The van der Waals surface area contributed by atoms with Gasteiger partial charge in [0.05, 0.1) is 6.54 Å². The summed E-state index contributed by atoms with van der Waals surface area (Å²) in [4.78, 5) is 25.9. The fourth-order valence-electron chi connectivity index (χ4n) is 3.17. The molecule has 4 nitrogen and oxygen atoms in total. The summed E-state index contributed by atoms with van der Waals surface area (Å²) in [6, 6.07) is 7.78. The van der Waals surface area contributed by atoms with Crippen LogP contribution in [0.3, 0.4) is 0 Å². The number of fused-ring (bicyclic) bond motifs is 2. The maximum absolute atomic E-state index is 12.2. The lowest BCUT2D eigenvalue weighted by atomic mass is 9.96. The zero-order chi connectivity index (χ0) is 13.4. The molecule has 100 valence electrons. The Labute approximate surface area is 112 Å². The molecule has 1 aromatic carbocycles. The van der Waals surface area contributed by atoms with Crippen LogP contribution in [0.1, 0.15) is 30.4 Å². The Morgan fingerprint density at radius 3 is 2.37 bits per heavy atom. The second-order valence-electron chi connectivity index (χ2n) is 5.49. The van der Waals surface area contributed by atoms with Crippen LogP contribution in [0.25, 0.3) is 0 Å². The minimum absolute atomic E-state index is 0.0110. The molecule has 2 N–H and O–H groups in total. The Kier molecular flexibility index (Phi) is 3.11. The van der Waals surface area contributed by atoms with Gasteiger partial charge in [-0.1, -0.05) is 24.3 Å². The Hall–Kier alpha value is -1.68. The first-order chi connectivity index (χ1) is 9.19. The van der Waals surface area contributed by atoms with Gasteiger partial charge in [0.15, 0.2) is 0 Å². The first kappa shape index (κ1) is 12.4. The molecule has 19 heavy (non-hydrogen) atoms. The van der Waals surface area contributed by atoms with Crippen molar-refractivity contribution in [1.29, 1.82) is 0 Å². The van der Waals surface area contributed by atoms with Crippen LogP contribution in [-0.2, 0) is 22.7 Å². The van der Waals surface area contributed by atoms with Gasteiger partial charge in [0.25, 0.3) is 0 Å².